The SMILES string of the molecule is N#Cc1nc(CBr)cc(C(F)(F)F)c1C(F)F. The van der Waals surface area contributed by atoms with E-state index < -0.39 is 29.4 Å². The molecule has 17 heavy (non-hydrogen) atoms. The molecular weight excluding hydrogens is 311 g/mol. The van der Waals surface area contributed by atoms with Crippen molar-refractivity contribution in [3.05, 3.63) is 28.6 Å². The predicted molar refractivity (Wildman–Crippen MR) is 51.5 cm³/mol. The normalized spacial score (nSPS) is 11.6. The zero-order valence-electron chi connectivity index (χ0n) is 8.02. The first-order valence-corrected chi connectivity index (χ1v) is 5.28. The van der Waals surface area contributed by atoms with Gasteiger partial charge in [0.15, 0.2) is 0 Å². The summed E-state index contributed by atoms with van der Waals surface area (Å²) in [5.74, 6) is 0. The van der Waals surface area contributed by atoms with E-state index in [0.29, 0.717) is 6.07 Å². The second-order valence-electron chi connectivity index (χ2n) is 2.97. The molecule has 0 bridgehead atoms. The Balaban J connectivity index is 3.60. The summed E-state index contributed by atoms with van der Waals surface area (Å²) in [4.78, 5) is 3.42. The van der Waals surface area contributed by atoms with Crippen LogP contribution < -0.4 is 0 Å². The Morgan fingerprint density at radius 2 is 2.00 bits per heavy atom. The highest BCUT2D eigenvalue weighted by Gasteiger charge is 2.38. The highest BCUT2D eigenvalue weighted by Crippen LogP contribution is 2.38. The maximum atomic E-state index is 12.6. The second kappa shape index (κ2) is 4.96. The molecule has 0 unspecified atom stereocenters. The van der Waals surface area contributed by atoms with Crippen molar-refractivity contribution in [1.82, 2.24) is 4.98 Å². The van der Waals surface area contributed by atoms with Crippen molar-refractivity contribution < 1.29 is 22.0 Å². The van der Waals surface area contributed by atoms with Gasteiger partial charge in [-0.05, 0) is 6.07 Å². The molecule has 0 aliphatic heterocycles. The van der Waals surface area contributed by atoms with Crippen LogP contribution in [0, 0.1) is 11.3 Å². The molecule has 1 aromatic rings. The monoisotopic (exact) mass is 314 g/mol. The van der Waals surface area contributed by atoms with Gasteiger partial charge in [-0.1, -0.05) is 15.9 Å². The van der Waals surface area contributed by atoms with Crippen molar-refractivity contribution in [1.29, 1.82) is 5.26 Å². The largest absolute Gasteiger partial charge is 0.417 e. The van der Waals surface area contributed by atoms with Crippen LogP contribution in [-0.4, -0.2) is 4.98 Å². The van der Waals surface area contributed by atoms with Gasteiger partial charge in [0, 0.05) is 5.33 Å². The first-order chi connectivity index (χ1) is 7.81. The lowest BCUT2D eigenvalue weighted by Crippen LogP contribution is -2.13. The summed E-state index contributed by atoms with van der Waals surface area (Å²) in [5, 5.41) is 8.49. The van der Waals surface area contributed by atoms with Gasteiger partial charge in [-0.2, -0.15) is 18.4 Å². The Morgan fingerprint density at radius 3 is 2.35 bits per heavy atom. The molecule has 0 saturated carbocycles. The van der Waals surface area contributed by atoms with E-state index in [9.17, 15) is 22.0 Å². The lowest BCUT2D eigenvalue weighted by Gasteiger charge is -2.14. The van der Waals surface area contributed by atoms with Gasteiger partial charge >= 0.3 is 6.18 Å². The van der Waals surface area contributed by atoms with Crippen LogP contribution in [-0.2, 0) is 11.5 Å². The molecule has 1 heterocycles. The van der Waals surface area contributed by atoms with Crippen LogP contribution in [0.2, 0.25) is 0 Å². The van der Waals surface area contributed by atoms with Crippen LogP contribution in [0.4, 0.5) is 22.0 Å². The summed E-state index contributed by atoms with van der Waals surface area (Å²) in [6, 6.07) is 1.76. The molecule has 0 aromatic carbocycles. The van der Waals surface area contributed by atoms with Crippen molar-refractivity contribution in [3.8, 4) is 6.07 Å². The van der Waals surface area contributed by atoms with E-state index in [1.807, 2.05) is 0 Å². The van der Waals surface area contributed by atoms with Gasteiger partial charge in [-0.3, -0.25) is 0 Å². The highest BCUT2D eigenvalue weighted by molar-refractivity contribution is 9.08. The molecule has 0 radical (unpaired) electrons. The third-order valence-electron chi connectivity index (χ3n) is 1.88. The number of hydrogen-bond donors (Lipinski definition) is 0. The van der Waals surface area contributed by atoms with Crippen molar-refractivity contribution in [3.63, 3.8) is 0 Å². The van der Waals surface area contributed by atoms with Crippen LogP contribution >= 0.6 is 15.9 Å². The van der Waals surface area contributed by atoms with E-state index in [-0.39, 0.29) is 11.0 Å². The fourth-order valence-electron chi connectivity index (χ4n) is 1.22. The fourth-order valence-corrected chi connectivity index (χ4v) is 1.50. The summed E-state index contributed by atoms with van der Waals surface area (Å²) in [5.41, 5.74) is -3.92. The van der Waals surface area contributed by atoms with Crippen molar-refractivity contribution in [2.75, 3.05) is 0 Å². The third kappa shape index (κ3) is 2.91. The lowest BCUT2D eigenvalue weighted by molar-refractivity contribution is -0.139. The zero-order chi connectivity index (χ0) is 13.2. The average molecular weight is 315 g/mol. The van der Waals surface area contributed by atoms with Gasteiger partial charge in [0.05, 0.1) is 16.8 Å². The zero-order valence-corrected chi connectivity index (χ0v) is 9.61. The quantitative estimate of drug-likeness (QED) is 0.615. The minimum atomic E-state index is -4.95. The minimum Gasteiger partial charge on any atom is -0.241 e. The van der Waals surface area contributed by atoms with Gasteiger partial charge < -0.3 is 0 Å². The van der Waals surface area contributed by atoms with Crippen LogP contribution in [0.5, 0.6) is 0 Å². The Morgan fingerprint density at radius 1 is 1.41 bits per heavy atom. The summed E-state index contributed by atoms with van der Waals surface area (Å²) < 4.78 is 62.7. The topological polar surface area (TPSA) is 36.7 Å². The van der Waals surface area contributed by atoms with E-state index in [0.717, 1.165) is 0 Å². The maximum absolute atomic E-state index is 12.6. The molecule has 0 saturated heterocycles. The second-order valence-corrected chi connectivity index (χ2v) is 3.53. The highest BCUT2D eigenvalue weighted by atomic mass is 79.9. The van der Waals surface area contributed by atoms with Crippen molar-refractivity contribution in [2.45, 2.75) is 17.9 Å². The molecule has 1 rings (SSSR count). The fraction of sp³-hybridized carbons (Fsp3) is 0.333. The summed E-state index contributed by atoms with van der Waals surface area (Å²) in [6.45, 7) is 0. The van der Waals surface area contributed by atoms with E-state index in [2.05, 4.69) is 20.9 Å². The lowest BCUT2D eigenvalue weighted by atomic mass is 10.1. The van der Waals surface area contributed by atoms with Crippen LogP contribution in [0.3, 0.4) is 0 Å². The van der Waals surface area contributed by atoms with Gasteiger partial charge in [-0.25, -0.2) is 13.8 Å². The predicted octanol–water partition coefficient (Wildman–Crippen LogP) is 3.80. The number of pyridine rings is 1. The first kappa shape index (κ1) is 13.8. The number of nitriles is 1. The molecule has 0 amide bonds. The number of hydrogen-bond acceptors (Lipinski definition) is 2. The third-order valence-corrected chi connectivity index (χ3v) is 2.45. The van der Waals surface area contributed by atoms with E-state index >= 15 is 0 Å². The van der Waals surface area contributed by atoms with Crippen LogP contribution in [0.15, 0.2) is 6.07 Å². The molecular formula is C9H4BrF5N2. The molecule has 92 valence electrons. The van der Waals surface area contributed by atoms with Crippen molar-refractivity contribution >= 4 is 15.9 Å². The summed E-state index contributed by atoms with van der Waals surface area (Å²) in [7, 11) is 0. The standard InChI is InChI=1S/C9H4BrF5N2/c10-2-4-1-5(9(13,14)15)7(8(11)12)6(3-16)17-4/h1,8H,2H2. The number of nitrogens with zero attached hydrogens (tertiary/aromatic N) is 2. The molecule has 8 heteroatoms. The molecule has 0 aliphatic rings. The van der Waals surface area contributed by atoms with Gasteiger partial charge in [0.25, 0.3) is 6.43 Å². The van der Waals surface area contributed by atoms with E-state index in [1.54, 1.807) is 0 Å². The molecule has 0 aliphatic carbocycles. The van der Waals surface area contributed by atoms with Crippen LogP contribution in [0.25, 0.3) is 0 Å². The molecule has 0 atom stereocenters. The Labute approximate surface area is 101 Å². The molecule has 2 nitrogen and oxygen atoms in total. The number of halogens is 6. The number of aromatic nitrogens is 1. The van der Waals surface area contributed by atoms with Gasteiger partial charge in [-0.15, -0.1) is 0 Å². The summed E-state index contributed by atoms with van der Waals surface area (Å²) >= 11 is 2.86. The van der Waals surface area contributed by atoms with Gasteiger partial charge in [0.1, 0.15) is 11.8 Å². The van der Waals surface area contributed by atoms with Crippen LogP contribution in [0.1, 0.15) is 28.9 Å². The minimum absolute atomic E-state index is 0.0612. The van der Waals surface area contributed by atoms with Crippen molar-refractivity contribution in [2.24, 2.45) is 0 Å². The van der Waals surface area contributed by atoms with E-state index in [4.69, 9.17) is 5.26 Å². The molecule has 1 aromatic heterocycles. The average Bonchev–Trinajstić information content (AvgIpc) is 2.25. The summed E-state index contributed by atoms with van der Waals surface area (Å²) in [6.07, 6.45) is -8.35. The number of alkyl halides is 6. The smallest absolute Gasteiger partial charge is 0.241 e. The maximum Gasteiger partial charge on any atom is 0.417 e. The Bertz CT molecular complexity index is 464. The first-order valence-electron chi connectivity index (χ1n) is 4.16. The molecule has 0 N–H and O–H groups in total. The number of rotatable bonds is 2. The molecule has 0 fully saturated rings. The Kier molecular flexibility index (Phi) is 4.03. The molecule has 0 spiro atoms. The van der Waals surface area contributed by atoms with E-state index in [1.165, 1.54) is 6.07 Å². The Hall–Kier alpha value is -1.23. The van der Waals surface area contributed by atoms with Gasteiger partial charge in [0.2, 0.25) is 0 Å².